The molecule has 0 amide bonds. The molecule has 0 saturated carbocycles. The third-order valence-electron chi connectivity index (χ3n) is 5.28. The zero-order valence-corrected chi connectivity index (χ0v) is 18.2. The Morgan fingerprint density at radius 2 is 1.71 bits per heavy atom. The molecule has 0 saturated heterocycles. The highest BCUT2D eigenvalue weighted by molar-refractivity contribution is 5.98. The summed E-state index contributed by atoms with van der Waals surface area (Å²) in [5.41, 5.74) is 0.694. The number of hydrogen-bond donors (Lipinski definition) is 2. The molecule has 4 aromatic rings. The van der Waals surface area contributed by atoms with Crippen molar-refractivity contribution >= 4 is 11.5 Å². The van der Waals surface area contributed by atoms with Gasteiger partial charge in [0.25, 0.3) is 0 Å². The molecule has 3 aromatic carbocycles. The lowest BCUT2D eigenvalue weighted by Gasteiger charge is -2.14. The fourth-order valence-corrected chi connectivity index (χ4v) is 3.54. The van der Waals surface area contributed by atoms with Crippen LogP contribution in [0.3, 0.4) is 0 Å². The summed E-state index contributed by atoms with van der Waals surface area (Å²) in [6.45, 7) is -0.314. The maximum atomic E-state index is 13.3. The maximum absolute atomic E-state index is 13.3. The Kier molecular flexibility index (Phi) is 6.66. The molecule has 1 heterocycles. The maximum Gasteiger partial charge on any atom is 0.435 e. The van der Waals surface area contributed by atoms with Crippen LogP contribution in [0, 0.1) is 11.3 Å². The summed E-state index contributed by atoms with van der Waals surface area (Å²) < 4.78 is 40.9. The molecule has 0 spiro atoms. The minimum absolute atomic E-state index is 0.163. The number of Topliss-reactive ketones (excluding diaryl/α,β-unsaturated/α-hetero) is 1. The number of nitrogens with one attached hydrogen (secondary N) is 1. The number of halogens is 3. The van der Waals surface area contributed by atoms with E-state index in [4.69, 9.17) is 5.26 Å². The normalized spacial score (nSPS) is 12.1. The first-order valence-electron chi connectivity index (χ1n) is 10.5. The van der Waals surface area contributed by atoms with Crippen LogP contribution in [0.5, 0.6) is 0 Å². The van der Waals surface area contributed by atoms with E-state index in [-0.39, 0.29) is 23.5 Å². The van der Waals surface area contributed by atoms with Crippen LogP contribution in [0.25, 0.3) is 5.69 Å². The molecule has 1 aromatic heterocycles. The van der Waals surface area contributed by atoms with Crippen LogP contribution < -0.4 is 5.32 Å². The van der Waals surface area contributed by atoms with Crippen molar-refractivity contribution in [3.63, 3.8) is 0 Å². The topological polar surface area (TPSA) is 90.9 Å². The molecular formula is C26H19F3N4O2. The molecule has 0 fully saturated rings. The van der Waals surface area contributed by atoms with Crippen molar-refractivity contribution < 1.29 is 23.1 Å². The number of aromatic nitrogens is 2. The number of rotatable bonds is 7. The quantitative estimate of drug-likeness (QED) is 0.361. The Hall–Kier alpha value is -4.42. The zero-order chi connectivity index (χ0) is 25.0. The van der Waals surface area contributed by atoms with Gasteiger partial charge in [0, 0.05) is 11.8 Å². The molecule has 0 radical (unpaired) electrons. The highest BCUT2D eigenvalue weighted by Gasteiger charge is 2.36. The van der Waals surface area contributed by atoms with Crippen LogP contribution in [0.4, 0.5) is 18.9 Å². The number of anilines is 1. The van der Waals surface area contributed by atoms with E-state index in [1.807, 2.05) is 24.3 Å². The van der Waals surface area contributed by atoms with Crippen LogP contribution >= 0.6 is 0 Å². The van der Waals surface area contributed by atoms with Crippen molar-refractivity contribution in [2.45, 2.75) is 12.3 Å². The highest BCUT2D eigenvalue weighted by atomic mass is 19.4. The predicted octanol–water partition coefficient (Wildman–Crippen LogP) is 5.14. The smallest absolute Gasteiger partial charge is 0.384 e. The lowest BCUT2D eigenvalue weighted by atomic mass is 10.0. The zero-order valence-electron chi connectivity index (χ0n) is 18.2. The summed E-state index contributed by atoms with van der Waals surface area (Å²) in [4.78, 5) is 12.9. The summed E-state index contributed by atoms with van der Waals surface area (Å²) in [5, 5.41) is 26.2. The minimum atomic E-state index is -4.75. The molecule has 0 aliphatic rings. The Morgan fingerprint density at radius 3 is 2.43 bits per heavy atom. The van der Waals surface area contributed by atoms with E-state index in [1.165, 1.54) is 24.3 Å². The molecule has 1 atom stereocenters. The number of ketones is 1. The summed E-state index contributed by atoms with van der Waals surface area (Å²) in [7, 11) is 0. The number of carbonyl (C=O) groups excluding carboxylic acids is 1. The second-order valence-corrected chi connectivity index (χ2v) is 7.70. The predicted molar refractivity (Wildman–Crippen MR) is 123 cm³/mol. The number of hydrogen-bond acceptors (Lipinski definition) is 5. The monoisotopic (exact) mass is 476 g/mol. The number of aliphatic hydroxyl groups excluding tert-OH is 1. The first kappa shape index (κ1) is 23.7. The van der Waals surface area contributed by atoms with Crippen molar-refractivity contribution in [1.82, 2.24) is 9.78 Å². The summed E-state index contributed by atoms with van der Waals surface area (Å²) in [5.74, 6) is -0.635. The van der Waals surface area contributed by atoms with Gasteiger partial charge >= 0.3 is 6.18 Å². The minimum Gasteiger partial charge on any atom is -0.384 e. The van der Waals surface area contributed by atoms with Gasteiger partial charge in [-0.15, -0.1) is 0 Å². The van der Waals surface area contributed by atoms with Gasteiger partial charge in [0.1, 0.15) is 11.8 Å². The SMILES string of the molecule is N#Cc1cccc(-n2nc(C(F)(F)F)cc2C(=O)CNc2cccc(C(O)c3ccccc3)c2)c1. The summed E-state index contributed by atoms with van der Waals surface area (Å²) in [6.07, 6.45) is -5.63. The van der Waals surface area contributed by atoms with Crippen LogP contribution in [0.15, 0.2) is 84.9 Å². The Morgan fingerprint density at radius 1 is 1.00 bits per heavy atom. The molecule has 176 valence electrons. The van der Waals surface area contributed by atoms with E-state index in [0.29, 0.717) is 22.9 Å². The van der Waals surface area contributed by atoms with Crippen LogP contribution in [0.1, 0.15) is 39.0 Å². The Balaban J connectivity index is 1.58. The van der Waals surface area contributed by atoms with Gasteiger partial charge in [-0.25, -0.2) is 4.68 Å². The van der Waals surface area contributed by atoms with E-state index in [1.54, 1.807) is 36.4 Å². The van der Waals surface area contributed by atoms with Gasteiger partial charge in [0.15, 0.2) is 11.5 Å². The van der Waals surface area contributed by atoms with Gasteiger partial charge in [0.2, 0.25) is 0 Å². The van der Waals surface area contributed by atoms with Gasteiger partial charge in [0.05, 0.1) is 23.9 Å². The second kappa shape index (κ2) is 9.83. The number of benzene rings is 3. The molecule has 0 aliphatic carbocycles. The van der Waals surface area contributed by atoms with Crippen LogP contribution in [0.2, 0.25) is 0 Å². The van der Waals surface area contributed by atoms with Crippen LogP contribution in [-0.4, -0.2) is 27.2 Å². The third kappa shape index (κ3) is 5.39. The van der Waals surface area contributed by atoms with Crippen molar-refractivity contribution in [2.24, 2.45) is 0 Å². The number of alkyl halides is 3. The fraction of sp³-hybridized carbons (Fsp3) is 0.115. The van der Waals surface area contributed by atoms with E-state index in [9.17, 15) is 23.1 Å². The lowest BCUT2D eigenvalue weighted by molar-refractivity contribution is -0.141. The largest absolute Gasteiger partial charge is 0.435 e. The molecular weight excluding hydrogens is 457 g/mol. The molecule has 0 aliphatic heterocycles. The first-order chi connectivity index (χ1) is 16.8. The van der Waals surface area contributed by atoms with E-state index >= 15 is 0 Å². The molecule has 9 heteroatoms. The number of aliphatic hydroxyl groups is 1. The van der Waals surface area contributed by atoms with Gasteiger partial charge < -0.3 is 10.4 Å². The van der Waals surface area contributed by atoms with Gasteiger partial charge in [-0.3, -0.25) is 4.79 Å². The van der Waals surface area contributed by atoms with Crippen molar-refractivity contribution in [2.75, 3.05) is 11.9 Å². The Bertz CT molecular complexity index is 1390. The van der Waals surface area contributed by atoms with E-state index < -0.39 is 23.8 Å². The van der Waals surface area contributed by atoms with Gasteiger partial charge in [-0.2, -0.15) is 23.5 Å². The van der Waals surface area contributed by atoms with Crippen molar-refractivity contribution in [1.29, 1.82) is 5.26 Å². The van der Waals surface area contributed by atoms with Gasteiger partial charge in [-0.05, 0) is 41.5 Å². The van der Waals surface area contributed by atoms with Crippen LogP contribution in [-0.2, 0) is 6.18 Å². The number of carbonyl (C=O) groups is 1. The molecule has 6 nitrogen and oxygen atoms in total. The standard InChI is InChI=1S/C26H19F3N4O2/c27-26(28,29)24-14-22(33(32-24)21-11-4-6-17(12-21)15-30)23(34)16-31-20-10-5-9-19(13-20)25(35)18-7-2-1-3-8-18/h1-14,25,31,35H,16H2. The van der Waals surface area contributed by atoms with E-state index in [0.717, 1.165) is 4.68 Å². The first-order valence-corrected chi connectivity index (χ1v) is 10.5. The molecule has 35 heavy (non-hydrogen) atoms. The molecule has 2 N–H and O–H groups in total. The summed E-state index contributed by atoms with van der Waals surface area (Å²) in [6, 6.07) is 24.2. The summed E-state index contributed by atoms with van der Waals surface area (Å²) >= 11 is 0. The second-order valence-electron chi connectivity index (χ2n) is 7.70. The van der Waals surface area contributed by atoms with Crippen molar-refractivity contribution in [3.8, 4) is 11.8 Å². The fourth-order valence-electron chi connectivity index (χ4n) is 3.54. The number of nitriles is 1. The molecule has 1 unspecified atom stereocenters. The highest BCUT2D eigenvalue weighted by Crippen LogP contribution is 2.30. The lowest BCUT2D eigenvalue weighted by Crippen LogP contribution is -2.18. The van der Waals surface area contributed by atoms with E-state index in [2.05, 4.69) is 10.4 Å². The molecule has 0 bridgehead atoms. The Labute approximate surface area is 198 Å². The average molecular weight is 476 g/mol. The molecule has 4 rings (SSSR count). The van der Waals surface area contributed by atoms with Gasteiger partial charge in [-0.1, -0.05) is 48.5 Å². The third-order valence-corrected chi connectivity index (χ3v) is 5.28. The van der Waals surface area contributed by atoms with Crippen molar-refractivity contribution in [3.05, 3.63) is 113 Å². The number of nitrogens with zero attached hydrogens (tertiary/aromatic N) is 3. The average Bonchev–Trinajstić information content (AvgIpc) is 3.34.